The molecule has 0 N–H and O–H groups in total. The quantitative estimate of drug-likeness (QED) is 0.460. The van der Waals surface area contributed by atoms with E-state index in [1.165, 1.54) is 23.5 Å². The van der Waals surface area contributed by atoms with Gasteiger partial charge in [0.15, 0.2) is 0 Å². The predicted octanol–water partition coefficient (Wildman–Crippen LogP) is 5.14. The van der Waals surface area contributed by atoms with E-state index in [0.717, 1.165) is 51.4 Å². The molecule has 0 fully saturated rings. The summed E-state index contributed by atoms with van der Waals surface area (Å²) < 4.78 is 20.7. The average Bonchev–Trinajstić information content (AvgIpc) is 3.33. The van der Waals surface area contributed by atoms with Gasteiger partial charge >= 0.3 is 0 Å². The Morgan fingerprint density at radius 3 is 2.77 bits per heavy atom. The average molecular weight is 421 g/mol. The summed E-state index contributed by atoms with van der Waals surface area (Å²) in [6.45, 7) is 2.58. The molecule has 7 heteroatoms. The summed E-state index contributed by atoms with van der Waals surface area (Å²) in [7, 11) is 1.63. The molecule has 0 spiro atoms. The predicted molar refractivity (Wildman–Crippen MR) is 117 cm³/mol. The van der Waals surface area contributed by atoms with Crippen LogP contribution in [-0.4, -0.2) is 29.3 Å². The summed E-state index contributed by atoms with van der Waals surface area (Å²) >= 11 is 1.41. The van der Waals surface area contributed by atoms with Gasteiger partial charge in [0.1, 0.15) is 16.4 Å². The van der Waals surface area contributed by atoms with Crippen LogP contribution in [0.5, 0.6) is 5.75 Å². The lowest BCUT2D eigenvalue weighted by Gasteiger charge is -2.30. The lowest BCUT2D eigenvalue weighted by molar-refractivity contribution is 0.0988. The van der Waals surface area contributed by atoms with Crippen LogP contribution in [-0.2, 0) is 6.42 Å². The summed E-state index contributed by atoms with van der Waals surface area (Å²) in [5.41, 5.74) is 3.59. The van der Waals surface area contributed by atoms with Gasteiger partial charge in [-0.15, -0.1) is 11.3 Å². The second kappa shape index (κ2) is 7.25. The molecule has 0 saturated carbocycles. The van der Waals surface area contributed by atoms with Crippen molar-refractivity contribution in [1.82, 2.24) is 9.78 Å². The lowest BCUT2D eigenvalue weighted by Crippen LogP contribution is -2.35. The molecule has 1 amide bonds. The van der Waals surface area contributed by atoms with Crippen LogP contribution in [0.4, 0.5) is 10.1 Å². The minimum atomic E-state index is -0.293. The van der Waals surface area contributed by atoms with Crippen LogP contribution in [0.3, 0.4) is 0 Å². The molecule has 3 heterocycles. The number of para-hydroxylation sites is 1. The van der Waals surface area contributed by atoms with Gasteiger partial charge in [-0.3, -0.25) is 4.79 Å². The van der Waals surface area contributed by atoms with E-state index in [0.29, 0.717) is 11.4 Å². The molecule has 4 aromatic rings. The van der Waals surface area contributed by atoms with E-state index in [4.69, 9.17) is 4.74 Å². The van der Waals surface area contributed by atoms with E-state index >= 15 is 0 Å². The number of benzene rings is 2. The van der Waals surface area contributed by atoms with Crippen molar-refractivity contribution in [3.8, 4) is 11.4 Å². The number of nitrogens with zero attached hydrogens (tertiary/aromatic N) is 3. The number of carbonyl (C=O) groups is 1. The SMILES string of the molecule is COc1cccc2c1N(C(=O)c1cc3c(C)nn(-c4ccc(F)cc4)c3s1)CCC2. The number of ether oxygens (including phenoxy) is 1. The van der Waals surface area contributed by atoms with Crippen LogP contribution in [0.2, 0.25) is 0 Å². The van der Waals surface area contributed by atoms with E-state index < -0.39 is 0 Å². The fourth-order valence-electron chi connectivity index (χ4n) is 4.03. The second-order valence-corrected chi connectivity index (χ2v) is 8.36. The Balaban J connectivity index is 1.58. The maximum Gasteiger partial charge on any atom is 0.268 e. The van der Waals surface area contributed by atoms with Gasteiger partial charge in [0, 0.05) is 11.9 Å². The number of methoxy groups -OCH3 is 1. The highest BCUT2D eigenvalue weighted by atomic mass is 32.1. The number of aromatic nitrogens is 2. The zero-order valence-corrected chi connectivity index (χ0v) is 17.5. The number of thiophene rings is 1. The Morgan fingerprint density at radius 2 is 2.00 bits per heavy atom. The minimum Gasteiger partial charge on any atom is -0.495 e. The van der Waals surface area contributed by atoms with Crippen LogP contribution in [0, 0.1) is 12.7 Å². The minimum absolute atomic E-state index is 0.0355. The maximum absolute atomic E-state index is 13.5. The van der Waals surface area contributed by atoms with Gasteiger partial charge < -0.3 is 9.64 Å². The van der Waals surface area contributed by atoms with Crippen molar-refractivity contribution in [2.24, 2.45) is 0 Å². The van der Waals surface area contributed by atoms with Gasteiger partial charge in [0.25, 0.3) is 5.91 Å². The summed E-state index contributed by atoms with van der Waals surface area (Å²) in [5, 5.41) is 5.52. The van der Waals surface area contributed by atoms with Crippen molar-refractivity contribution < 1.29 is 13.9 Å². The van der Waals surface area contributed by atoms with Crippen molar-refractivity contribution in [2.75, 3.05) is 18.6 Å². The Hall–Kier alpha value is -3.19. The third-order valence-electron chi connectivity index (χ3n) is 5.47. The molecule has 0 atom stereocenters. The molecule has 0 unspecified atom stereocenters. The second-order valence-electron chi connectivity index (χ2n) is 7.33. The monoisotopic (exact) mass is 421 g/mol. The molecule has 1 aliphatic rings. The number of rotatable bonds is 3. The third kappa shape index (κ3) is 2.97. The third-order valence-corrected chi connectivity index (χ3v) is 6.57. The number of hydrogen-bond donors (Lipinski definition) is 0. The Labute approximate surface area is 177 Å². The van der Waals surface area contributed by atoms with E-state index in [1.54, 1.807) is 23.9 Å². The Bertz CT molecular complexity index is 1250. The first-order chi connectivity index (χ1) is 14.6. The maximum atomic E-state index is 13.5. The number of anilines is 1. The van der Waals surface area contributed by atoms with E-state index in [-0.39, 0.29) is 11.7 Å². The first-order valence-corrected chi connectivity index (χ1v) is 10.6. The van der Waals surface area contributed by atoms with Gasteiger partial charge in [0.2, 0.25) is 0 Å². The van der Waals surface area contributed by atoms with Crippen LogP contribution >= 0.6 is 11.3 Å². The molecule has 5 rings (SSSR count). The summed E-state index contributed by atoms with van der Waals surface area (Å²) in [6, 6.07) is 14.0. The fraction of sp³-hybridized carbons (Fsp3) is 0.217. The molecule has 0 saturated heterocycles. The topological polar surface area (TPSA) is 47.4 Å². The van der Waals surface area contributed by atoms with Gasteiger partial charge in [-0.05, 0) is 61.7 Å². The molecule has 5 nitrogen and oxygen atoms in total. The molecule has 2 aromatic carbocycles. The van der Waals surface area contributed by atoms with Gasteiger partial charge in [-0.2, -0.15) is 5.10 Å². The van der Waals surface area contributed by atoms with E-state index in [2.05, 4.69) is 11.2 Å². The Morgan fingerprint density at radius 1 is 1.20 bits per heavy atom. The molecular weight excluding hydrogens is 401 g/mol. The van der Waals surface area contributed by atoms with Crippen LogP contribution in [0.1, 0.15) is 27.3 Å². The molecule has 0 bridgehead atoms. The molecule has 0 radical (unpaired) electrons. The van der Waals surface area contributed by atoms with Crippen LogP contribution < -0.4 is 9.64 Å². The van der Waals surface area contributed by atoms with E-state index in [1.807, 2.05) is 30.0 Å². The molecule has 1 aliphatic heterocycles. The van der Waals surface area contributed by atoms with Crippen molar-refractivity contribution in [1.29, 1.82) is 0 Å². The number of aryl methyl sites for hydroxylation is 2. The standard InChI is InChI=1S/C23H20FN3O2S/c1-14-18-13-20(30-23(18)27(25-14)17-10-8-16(24)9-11-17)22(28)26-12-4-6-15-5-3-7-19(29-2)21(15)26/h3,5,7-11,13H,4,6,12H2,1-2H3. The first kappa shape index (κ1) is 18.8. The highest BCUT2D eigenvalue weighted by Crippen LogP contribution is 2.38. The van der Waals surface area contributed by atoms with Crippen LogP contribution in [0.15, 0.2) is 48.5 Å². The van der Waals surface area contributed by atoms with Gasteiger partial charge in [0.05, 0.1) is 29.1 Å². The van der Waals surface area contributed by atoms with Crippen molar-refractivity contribution in [3.05, 3.63) is 70.5 Å². The highest BCUT2D eigenvalue weighted by molar-refractivity contribution is 7.20. The fourth-order valence-corrected chi connectivity index (χ4v) is 5.16. The van der Waals surface area contributed by atoms with Crippen LogP contribution in [0.25, 0.3) is 15.9 Å². The van der Waals surface area contributed by atoms with Crippen molar-refractivity contribution in [2.45, 2.75) is 19.8 Å². The molecule has 30 heavy (non-hydrogen) atoms. The molecule has 2 aromatic heterocycles. The van der Waals surface area contributed by atoms with Gasteiger partial charge in [-0.1, -0.05) is 12.1 Å². The highest BCUT2D eigenvalue weighted by Gasteiger charge is 2.28. The number of amides is 1. The molecular formula is C23H20FN3O2S. The van der Waals surface area contributed by atoms with Crippen molar-refractivity contribution in [3.63, 3.8) is 0 Å². The summed E-state index contributed by atoms with van der Waals surface area (Å²) in [5.74, 6) is 0.390. The summed E-state index contributed by atoms with van der Waals surface area (Å²) in [4.78, 5) is 16.9. The zero-order valence-electron chi connectivity index (χ0n) is 16.7. The first-order valence-electron chi connectivity index (χ1n) is 9.79. The number of fused-ring (bicyclic) bond motifs is 2. The normalized spacial score (nSPS) is 13.5. The van der Waals surface area contributed by atoms with Crippen molar-refractivity contribution >= 4 is 33.1 Å². The molecule has 0 aliphatic carbocycles. The Kier molecular flexibility index (Phi) is 4.55. The van der Waals surface area contributed by atoms with E-state index in [9.17, 15) is 9.18 Å². The molecule has 152 valence electrons. The largest absolute Gasteiger partial charge is 0.495 e. The number of halogens is 1. The number of carbonyl (C=O) groups excluding carboxylic acids is 1. The lowest BCUT2D eigenvalue weighted by atomic mass is 10.0. The zero-order chi connectivity index (χ0) is 20.8. The number of hydrogen-bond acceptors (Lipinski definition) is 4. The van der Waals surface area contributed by atoms with Gasteiger partial charge in [-0.25, -0.2) is 9.07 Å². The summed E-state index contributed by atoms with van der Waals surface area (Å²) in [6.07, 6.45) is 1.85. The smallest absolute Gasteiger partial charge is 0.268 e.